The van der Waals surface area contributed by atoms with Crippen molar-refractivity contribution in [2.75, 3.05) is 0 Å². The zero-order valence-electron chi connectivity index (χ0n) is 5.92. The minimum atomic E-state index is 0. The van der Waals surface area contributed by atoms with Gasteiger partial charge in [-0.1, -0.05) is 6.92 Å². The molecule has 1 aromatic heterocycles. The fourth-order valence-corrected chi connectivity index (χ4v) is 1.06. The molecule has 0 atom stereocenters. The van der Waals surface area contributed by atoms with E-state index in [1.807, 2.05) is 12.4 Å². The number of H-pyrrole nitrogens is 1. The van der Waals surface area contributed by atoms with Gasteiger partial charge in [0.15, 0.2) is 0 Å². The lowest BCUT2D eigenvalue weighted by atomic mass is 10.0. The van der Waals surface area contributed by atoms with E-state index in [1.54, 1.807) is 0 Å². The summed E-state index contributed by atoms with van der Waals surface area (Å²) in [5, 5.41) is 6.73. The molecule has 10 heavy (non-hydrogen) atoms. The van der Waals surface area contributed by atoms with Crippen molar-refractivity contribution < 1.29 is 0 Å². The molecular formula is C7H11ClN2. The van der Waals surface area contributed by atoms with Gasteiger partial charge < -0.3 is 0 Å². The average Bonchev–Trinajstić information content (AvgIpc) is 2.46. The standard InChI is InChI=1S/C7H10N2.ClH/c1-7(2-3-7)6-4-8-9-5-6;/h4-5H,2-3H2,1H3,(H,8,9);1H. The number of aromatic nitrogens is 2. The molecule has 0 spiro atoms. The summed E-state index contributed by atoms with van der Waals surface area (Å²) >= 11 is 0. The van der Waals surface area contributed by atoms with Gasteiger partial charge in [-0.3, -0.25) is 5.10 Å². The Balaban J connectivity index is 0.000000500. The number of halogens is 1. The lowest BCUT2D eigenvalue weighted by Crippen LogP contribution is -1.95. The third-order valence-corrected chi connectivity index (χ3v) is 2.20. The van der Waals surface area contributed by atoms with Gasteiger partial charge >= 0.3 is 0 Å². The highest BCUT2D eigenvalue weighted by Crippen LogP contribution is 2.46. The van der Waals surface area contributed by atoms with E-state index < -0.39 is 0 Å². The third kappa shape index (κ3) is 1.03. The Morgan fingerprint density at radius 3 is 2.70 bits per heavy atom. The fraction of sp³-hybridized carbons (Fsp3) is 0.571. The highest BCUT2D eigenvalue weighted by Gasteiger charge is 2.39. The lowest BCUT2D eigenvalue weighted by molar-refractivity contribution is 0.789. The van der Waals surface area contributed by atoms with Crippen molar-refractivity contribution >= 4 is 12.4 Å². The Morgan fingerprint density at radius 1 is 1.60 bits per heavy atom. The van der Waals surface area contributed by atoms with Crippen molar-refractivity contribution in [2.45, 2.75) is 25.2 Å². The molecule has 3 heteroatoms. The number of nitrogens with zero attached hydrogens (tertiary/aromatic N) is 1. The van der Waals surface area contributed by atoms with Gasteiger partial charge in [-0.2, -0.15) is 5.10 Å². The van der Waals surface area contributed by atoms with E-state index in [2.05, 4.69) is 17.1 Å². The van der Waals surface area contributed by atoms with Crippen molar-refractivity contribution in [3.63, 3.8) is 0 Å². The summed E-state index contributed by atoms with van der Waals surface area (Å²) in [5.41, 5.74) is 1.84. The predicted octanol–water partition coefficient (Wildman–Crippen LogP) is 1.88. The first-order valence-corrected chi connectivity index (χ1v) is 3.30. The molecule has 0 bridgehead atoms. The molecule has 0 amide bonds. The van der Waals surface area contributed by atoms with Crippen LogP contribution in [0.2, 0.25) is 0 Å². The van der Waals surface area contributed by atoms with E-state index in [1.165, 1.54) is 18.4 Å². The van der Waals surface area contributed by atoms with Crippen molar-refractivity contribution in [1.82, 2.24) is 10.2 Å². The van der Waals surface area contributed by atoms with Crippen LogP contribution in [0.15, 0.2) is 12.4 Å². The van der Waals surface area contributed by atoms with Gasteiger partial charge in [-0.25, -0.2) is 0 Å². The van der Waals surface area contributed by atoms with E-state index in [4.69, 9.17) is 0 Å². The minimum Gasteiger partial charge on any atom is -0.285 e. The zero-order valence-corrected chi connectivity index (χ0v) is 6.74. The molecule has 1 fully saturated rings. The van der Waals surface area contributed by atoms with Crippen LogP contribution in [0.4, 0.5) is 0 Å². The second kappa shape index (κ2) is 2.27. The van der Waals surface area contributed by atoms with Crippen LogP contribution in [-0.2, 0) is 5.41 Å². The largest absolute Gasteiger partial charge is 0.285 e. The highest BCUT2D eigenvalue weighted by atomic mass is 35.5. The van der Waals surface area contributed by atoms with Crippen LogP contribution in [-0.4, -0.2) is 10.2 Å². The summed E-state index contributed by atoms with van der Waals surface area (Å²) < 4.78 is 0. The molecule has 0 saturated heterocycles. The van der Waals surface area contributed by atoms with Gasteiger partial charge in [0.05, 0.1) is 6.20 Å². The molecule has 56 valence electrons. The Labute approximate surface area is 66.4 Å². The topological polar surface area (TPSA) is 28.7 Å². The van der Waals surface area contributed by atoms with E-state index >= 15 is 0 Å². The summed E-state index contributed by atoms with van der Waals surface area (Å²) in [6, 6.07) is 0. The lowest BCUT2D eigenvalue weighted by Gasteiger charge is -2.00. The molecule has 0 aromatic carbocycles. The summed E-state index contributed by atoms with van der Waals surface area (Å²) in [5.74, 6) is 0. The molecule has 1 aliphatic carbocycles. The molecule has 0 unspecified atom stereocenters. The highest BCUT2D eigenvalue weighted by molar-refractivity contribution is 5.85. The Kier molecular flexibility index (Phi) is 1.73. The van der Waals surface area contributed by atoms with Crippen LogP contribution in [0, 0.1) is 0 Å². The quantitative estimate of drug-likeness (QED) is 0.665. The number of hydrogen-bond donors (Lipinski definition) is 1. The SMILES string of the molecule is CC1(c2cn[nH]c2)CC1.Cl. The van der Waals surface area contributed by atoms with E-state index in [-0.39, 0.29) is 12.4 Å². The first-order valence-electron chi connectivity index (χ1n) is 3.30. The van der Waals surface area contributed by atoms with Crippen molar-refractivity contribution in [3.05, 3.63) is 18.0 Å². The minimum absolute atomic E-state index is 0. The fourth-order valence-electron chi connectivity index (χ4n) is 1.06. The van der Waals surface area contributed by atoms with Crippen LogP contribution in [0.25, 0.3) is 0 Å². The van der Waals surface area contributed by atoms with E-state index in [0.29, 0.717) is 5.41 Å². The maximum Gasteiger partial charge on any atom is 0.0524 e. The molecule has 1 aromatic rings. The number of aromatic amines is 1. The van der Waals surface area contributed by atoms with Gasteiger partial charge in [-0.15, -0.1) is 12.4 Å². The van der Waals surface area contributed by atoms with Crippen molar-refractivity contribution in [3.8, 4) is 0 Å². The molecular weight excluding hydrogens is 148 g/mol. The van der Waals surface area contributed by atoms with E-state index in [0.717, 1.165) is 0 Å². The first-order chi connectivity index (χ1) is 4.31. The van der Waals surface area contributed by atoms with Crippen molar-refractivity contribution in [2.24, 2.45) is 0 Å². The Bertz CT molecular complexity index is 201. The molecule has 1 N–H and O–H groups in total. The predicted molar refractivity (Wildman–Crippen MR) is 42.4 cm³/mol. The van der Waals surface area contributed by atoms with Crippen LogP contribution in [0.3, 0.4) is 0 Å². The Morgan fingerprint density at radius 2 is 2.30 bits per heavy atom. The van der Waals surface area contributed by atoms with Gasteiger partial charge in [0.1, 0.15) is 0 Å². The summed E-state index contributed by atoms with van der Waals surface area (Å²) in [6.07, 6.45) is 6.57. The molecule has 0 aliphatic heterocycles. The maximum atomic E-state index is 3.90. The van der Waals surface area contributed by atoms with Gasteiger partial charge in [0, 0.05) is 6.20 Å². The Hall–Kier alpha value is -0.500. The van der Waals surface area contributed by atoms with Gasteiger partial charge in [0.2, 0.25) is 0 Å². The molecule has 1 saturated carbocycles. The molecule has 2 rings (SSSR count). The van der Waals surface area contributed by atoms with E-state index in [9.17, 15) is 0 Å². The second-order valence-corrected chi connectivity index (χ2v) is 3.05. The molecule has 1 heterocycles. The number of hydrogen-bond acceptors (Lipinski definition) is 1. The summed E-state index contributed by atoms with van der Waals surface area (Å²) in [7, 11) is 0. The molecule has 0 radical (unpaired) electrons. The summed E-state index contributed by atoms with van der Waals surface area (Å²) in [4.78, 5) is 0. The van der Waals surface area contributed by atoms with Crippen molar-refractivity contribution in [1.29, 1.82) is 0 Å². The van der Waals surface area contributed by atoms with Crippen LogP contribution < -0.4 is 0 Å². The third-order valence-electron chi connectivity index (χ3n) is 2.20. The van der Waals surface area contributed by atoms with Gasteiger partial charge in [-0.05, 0) is 23.8 Å². The van der Waals surface area contributed by atoms with Crippen LogP contribution in [0.1, 0.15) is 25.3 Å². The smallest absolute Gasteiger partial charge is 0.0524 e. The first kappa shape index (κ1) is 7.61. The molecule has 1 aliphatic rings. The zero-order chi connectivity index (χ0) is 6.32. The summed E-state index contributed by atoms with van der Waals surface area (Å²) in [6.45, 7) is 2.28. The normalized spacial score (nSPS) is 19.7. The average molecular weight is 159 g/mol. The monoisotopic (exact) mass is 158 g/mol. The van der Waals surface area contributed by atoms with Crippen LogP contribution >= 0.6 is 12.4 Å². The molecule has 2 nitrogen and oxygen atoms in total. The number of nitrogens with one attached hydrogen (secondary N) is 1. The second-order valence-electron chi connectivity index (χ2n) is 3.05. The van der Waals surface area contributed by atoms with Gasteiger partial charge in [0.25, 0.3) is 0 Å². The maximum absolute atomic E-state index is 3.90. The number of rotatable bonds is 1. The van der Waals surface area contributed by atoms with Crippen LogP contribution in [0.5, 0.6) is 0 Å².